The van der Waals surface area contributed by atoms with Crippen LogP contribution in [-0.4, -0.2) is 114 Å². The van der Waals surface area contributed by atoms with Crippen molar-refractivity contribution in [2.75, 3.05) is 27.2 Å². The summed E-state index contributed by atoms with van der Waals surface area (Å²) in [5.74, 6) is -4.21. The lowest BCUT2D eigenvalue weighted by Crippen LogP contribution is -2.58. The Labute approximate surface area is 321 Å². The van der Waals surface area contributed by atoms with Gasteiger partial charge in [0.2, 0.25) is 29.4 Å². The van der Waals surface area contributed by atoms with Crippen molar-refractivity contribution in [3.63, 3.8) is 0 Å². The molecule has 1 aliphatic heterocycles. The molecule has 1 saturated heterocycles. The largest absolute Gasteiger partial charge is 0.444 e. The third kappa shape index (κ3) is 15.9. The molecule has 55 heavy (non-hydrogen) atoms. The van der Waals surface area contributed by atoms with E-state index in [4.69, 9.17) is 4.74 Å². The van der Waals surface area contributed by atoms with Gasteiger partial charge in [-0.1, -0.05) is 56.6 Å². The molecule has 2 aliphatic carbocycles. The number of carbonyl (C=O) groups excluding carboxylic acids is 7. The number of nitrogens with one attached hydrogen (secondary N) is 4. The number of ether oxygens (including phenoxy) is 1. The van der Waals surface area contributed by atoms with Crippen LogP contribution in [0.2, 0.25) is 0 Å². The maximum atomic E-state index is 13.9. The summed E-state index contributed by atoms with van der Waals surface area (Å²) in [5, 5.41) is 10.2. The molecule has 17 heteroatoms. The van der Waals surface area contributed by atoms with Gasteiger partial charge in [0.15, 0.2) is 0 Å². The molecule has 0 bridgehead atoms. The van der Waals surface area contributed by atoms with Crippen LogP contribution in [0.4, 0.5) is 18.0 Å². The van der Waals surface area contributed by atoms with Gasteiger partial charge < -0.3 is 35.8 Å². The Kier molecular flexibility index (Phi) is 18.1. The average molecular weight is 783 g/mol. The molecule has 0 aromatic rings. The van der Waals surface area contributed by atoms with Gasteiger partial charge in [-0.2, -0.15) is 13.2 Å². The Hall–Kier alpha value is -4.70. The van der Waals surface area contributed by atoms with E-state index >= 15 is 0 Å². The monoisotopic (exact) mass is 782 g/mol. The predicted octanol–water partition coefficient (Wildman–Crippen LogP) is 3.62. The zero-order chi connectivity index (χ0) is 41.5. The smallest absolute Gasteiger partial charge is 0.408 e. The standard InChI is InChI=1S/C35H52N6O8.C3H5F3/c1-22(29(43)31(45)36-21-26(42)38-27(32(46)40(5)6)23-15-10-7-8-11-16-23)37-30(44)25-19-14-20-41(25)33(47)28(24-17-12-9-13-18-24)39-34(48)49-35(2,3)4;1-2-3(4,5)6/h7,10-11,15-16,22,24-25,27-28H,8-9,12-14,17-21H2,1-6H3,(H,36,45)(H,37,44)(H,38,42)(H,39,48);2H2,1H3. The molecule has 0 spiro atoms. The second kappa shape index (κ2) is 21.4. The number of likely N-dealkylation sites (N-methyl/N-ethyl adjacent to an activating group) is 1. The SMILES string of the molecule is CC(NC(=O)C1CCCN1C(=O)C(NC(=O)OC(C)(C)C)C1CCCCC1)C(=O)C(=O)NCC(=O)NC(C(=O)N(C)C)C1=CC=CCC=C1.CCC(F)(F)F. The van der Waals surface area contributed by atoms with Gasteiger partial charge in [-0.05, 0) is 71.3 Å². The van der Waals surface area contributed by atoms with Crippen molar-refractivity contribution in [1.29, 1.82) is 0 Å². The summed E-state index contributed by atoms with van der Waals surface area (Å²) < 4.78 is 37.8. The number of carbonyl (C=O) groups is 7. The molecule has 4 atom stereocenters. The zero-order valence-electron chi connectivity index (χ0n) is 32.8. The van der Waals surface area contributed by atoms with E-state index in [-0.39, 0.29) is 17.7 Å². The highest BCUT2D eigenvalue weighted by Gasteiger charge is 2.42. The van der Waals surface area contributed by atoms with Gasteiger partial charge in [0.1, 0.15) is 23.7 Å². The number of halogens is 3. The zero-order valence-corrected chi connectivity index (χ0v) is 32.8. The lowest BCUT2D eigenvalue weighted by atomic mass is 9.83. The number of likely N-dealkylation sites (tertiary alicyclic amines) is 1. The lowest BCUT2D eigenvalue weighted by Gasteiger charge is -2.35. The number of Topliss-reactive ketones (excluding diaryl/α,β-unsaturated/α-hetero) is 1. The van der Waals surface area contributed by atoms with Gasteiger partial charge in [-0.3, -0.25) is 28.8 Å². The number of alkyl halides is 3. The molecule has 1 saturated carbocycles. The highest BCUT2D eigenvalue weighted by atomic mass is 19.4. The summed E-state index contributed by atoms with van der Waals surface area (Å²) in [6.45, 7) is 7.36. The molecule has 14 nitrogen and oxygen atoms in total. The van der Waals surface area contributed by atoms with E-state index in [1.54, 1.807) is 53.1 Å². The molecular formula is C38H57F3N6O8. The van der Waals surface area contributed by atoms with Gasteiger partial charge in [0.05, 0.1) is 12.6 Å². The number of nitrogens with zero attached hydrogens (tertiary/aromatic N) is 2. The van der Waals surface area contributed by atoms with Crippen LogP contribution in [0.1, 0.15) is 92.4 Å². The van der Waals surface area contributed by atoms with E-state index in [0.29, 0.717) is 31.4 Å². The van der Waals surface area contributed by atoms with Crippen LogP contribution >= 0.6 is 0 Å². The molecule has 4 N–H and O–H groups in total. The third-order valence-electron chi connectivity index (χ3n) is 9.02. The molecular weight excluding hydrogens is 725 g/mol. The van der Waals surface area contributed by atoms with Gasteiger partial charge in [0.25, 0.3) is 5.91 Å². The molecule has 0 aromatic heterocycles. The average Bonchev–Trinajstić information content (AvgIpc) is 3.46. The molecule has 0 aromatic carbocycles. The second-order valence-electron chi connectivity index (χ2n) is 14.9. The Bertz CT molecular complexity index is 1480. The van der Waals surface area contributed by atoms with Crippen molar-refractivity contribution >= 4 is 41.4 Å². The van der Waals surface area contributed by atoms with Crippen molar-refractivity contribution in [2.45, 2.75) is 128 Å². The molecule has 1 heterocycles. The predicted molar refractivity (Wildman–Crippen MR) is 198 cm³/mol. The number of hydrogen-bond acceptors (Lipinski definition) is 8. The molecule has 6 amide bonds. The summed E-state index contributed by atoms with van der Waals surface area (Å²) in [6.07, 6.45) is 9.59. The Balaban J connectivity index is 0.00000161. The van der Waals surface area contributed by atoms with E-state index in [2.05, 4.69) is 21.3 Å². The van der Waals surface area contributed by atoms with Crippen LogP contribution in [0.15, 0.2) is 36.0 Å². The van der Waals surface area contributed by atoms with E-state index < -0.39 is 78.5 Å². The van der Waals surface area contributed by atoms with Gasteiger partial charge >= 0.3 is 12.3 Å². The highest BCUT2D eigenvalue weighted by Crippen LogP contribution is 2.30. The van der Waals surface area contributed by atoms with Crippen LogP contribution in [0.25, 0.3) is 0 Å². The normalized spacial score (nSPS) is 18.9. The fourth-order valence-corrected chi connectivity index (χ4v) is 6.13. The fourth-order valence-electron chi connectivity index (χ4n) is 6.13. The van der Waals surface area contributed by atoms with Crippen LogP contribution in [0, 0.1) is 5.92 Å². The highest BCUT2D eigenvalue weighted by molar-refractivity contribution is 6.38. The fraction of sp³-hybridized carbons (Fsp3) is 0.658. The first-order valence-corrected chi connectivity index (χ1v) is 18.7. The van der Waals surface area contributed by atoms with Gasteiger partial charge in [0, 0.05) is 27.1 Å². The first kappa shape index (κ1) is 46.5. The third-order valence-corrected chi connectivity index (χ3v) is 9.02. The van der Waals surface area contributed by atoms with Crippen LogP contribution in [0.3, 0.4) is 0 Å². The van der Waals surface area contributed by atoms with E-state index in [1.165, 1.54) is 16.7 Å². The van der Waals surface area contributed by atoms with Crippen molar-refractivity contribution < 1.29 is 51.5 Å². The quantitative estimate of drug-likeness (QED) is 0.217. The summed E-state index contributed by atoms with van der Waals surface area (Å²) in [6, 6.07) is -4.00. The van der Waals surface area contributed by atoms with Crippen LogP contribution < -0.4 is 21.3 Å². The summed E-state index contributed by atoms with van der Waals surface area (Å²) in [5.41, 5.74) is -0.196. The van der Waals surface area contributed by atoms with Crippen LogP contribution in [-0.2, 0) is 33.5 Å². The number of ketones is 1. The Morgan fingerprint density at radius 3 is 2.15 bits per heavy atom. The van der Waals surface area contributed by atoms with Crippen molar-refractivity contribution in [3.8, 4) is 0 Å². The number of amides is 6. The Morgan fingerprint density at radius 2 is 1.56 bits per heavy atom. The topological polar surface area (TPSA) is 183 Å². The van der Waals surface area contributed by atoms with Gasteiger partial charge in [-0.15, -0.1) is 0 Å². The van der Waals surface area contributed by atoms with E-state index in [1.807, 2.05) is 12.2 Å². The molecule has 3 aliphatic rings. The number of alkyl carbamates (subject to hydrolysis) is 1. The molecule has 308 valence electrons. The minimum absolute atomic E-state index is 0.104. The summed E-state index contributed by atoms with van der Waals surface area (Å²) in [4.78, 5) is 93.9. The van der Waals surface area contributed by atoms with Gasteiger partial charge in [-0.25, -0.2) is 4.79 Å². The molecule has 3 rings (SSSR count). The molecule has 2 fully saturated rings. The van der Waals surface area contributed by atoms with Crippen molar-refractivity contribution in [1.82, 2.24) is 31.1 Å². The second-order valence-corrected chi connectivity index (χ2v) is 14.9. The minimum Gasteiger partial charge on any atom is -0.444 e. The first-order valence-electron chi connectivity index (χ1n) is 18.7. The number of rotatable bonds is 12. The minimum atomic E-state index is -3.96. The summed E-state index contributed by atoms with van der Waals surface area (Å²) >= 11 is 0. The number of allylic oxidation sites excluding steroid dienone is 4. The molecule has 0 radical (unpaired) electrons. The first-order chi connectivity index (χ1) is 25.6. The van der Waals surface area contributed by atoms with E-state index in [9.17, 15) is 46.7 Å². The summed E-state index contributed by atoms with van der Waals surface area (Å²) in [7, 11) is 3.12. The van der Waals surface area contributed by atoms with Crippen molar-refractivity contribution in [3.05, 3.63) is 36.0 Å². The van der Waals surface area contributed by atoms with Crippen molar-refractivity contribution in [2.24, 2.45) is 5.92 Å². The lowest BCUT2D eigenvalue weighted by molar-refractivity contribution is -0.143. The van der Waals surface area contributed by atoms with E-state index in [0.717, 1.165) is 39.0 Å². The maximum absolute atomic E-state index is 13.9. The maximum Gasteiger partial charge on any atom is 0.408 e. The number of hydrogen-bond donors (Lipinski definition) is 4. The molecule has 4 unspecified atom stereocenters. The Morgan fingerprint density at radius 1 is 0.927 bits per heavy atom. The van der Waals surface area contributed by atoms with Crippen LogP contribution in [0.5, 0.6) is 0 Å².